The van der Waals surface area contributed by atoms with Gasteiger partial charge in [0, 0.05) is 26.7 Å². The molecule has 20 heavy (non-hydrogen) atoms. The number of fused-ring (bicyclic) bond motifs is 1. The smallest absolute Gasteiger partial charge is 0.226 e. The lowest BCUT2D eigenvalue weighted by atomic mass is 10.3. The molecule has 3 rings (SSSR count). The summed E-state index contributed by atoms with van der Waals surface area (Å²) in [7, 11) is 1.76. The van der Waals surface area contributed by atoms with Gasteiger partial charge in [0.15, 0.2) is 11.5 Å². The summed E-state index contributed by atoms with van der Waals surface area (Å²) in [6, 6.07) is 0. The average molecular weight is 276 g/mol. The summed E-state index contributed by atoms with van der Waals surface area (Å²) in [6.07, 6.45) is 3.99. The zero-order valence-corrected chi connectivity index (χ0v) is 11.9. The molecule has 2 aromatic rings. The van der Waals surface area contributed by atoms with Crippen LogP contribution in [0.25, 0.3) is 11.2 Å². The van der Waals surface area contributed by atoms with E-state index in [9.17, 15) is 0 Å². The summed E-state index contributed by atoms with van der Waals surface area (Å²) >= 11 is 0. The quantitative estimate of drug-likeness (QED) is 0.859. The highest BCUT2D eigenvalue weighted by Gasteiger charge is 2.25. The van der Waals surface area contributed by atoms with Crippen molar-refractivity contribution in [3.8, 4) is 0 Å². The van der Waals surface area contributed by atoms with Gasteiger partial charge in [0.1, 0.15) is 5.52 Å². The van der Waals surface area contributed by atoms with Gasteiger partial charge in [-0.1, -0.05) is 6.92 Å². The topological polar surface area (TPSA) is 79.0 Å². The SMILES string of the molecule is CCCNc1nc(N2CCC(OC)C2)c2[nH]cnc2n1. The molecular formula is C13H20N6O. The number of hydrogen-bond donors (Lipinski definition) is 2. The Bertz CT molecular complexity index is 583. The fourth-order valence-electron chi connectivity index (χ4n) is 2.48. The number of nitrogens with one attached hydrogen (secondary N) is 2. The number of hydrogen-bond acceptors (Lipinski definition) is 6. The molecule has 0 aliphatic carbocycles. The Balaban J connectivity index is 1.93. The van der Waals surface area contributed by atoms with E-state index in [1.165, 1.54) is 0 Å². The standard InChI is InChI=1S/C13H20N6O/c1-3-5-14-13-17-11-10(15-8-16-11)12(18-13)19-6-4-9(7-19)20-2/h8-9H,3-7H2,1-2H3,(H2,14,15,16,17,18). The van der Waals surface area contributed by atoms with Crippen LogP contribution in [0.1, 0.15) is 19.8 Å². The number of H-pyrrole nitrogens is 1. The minimum absolute atomic E-state index is 0.273. The lowest BCUT2D eigenvalue weighted by Crippen LogP contribution is -2.24. The lowest BCUT2D eigenvalue weighted by molar-refractivity contribution is 0.121. The Morgan fingerprint density at radius 3 is 3.15 bits per heavy atom. The van der Waals surface area contributed by atoms with Crippen LogP contribution in [0.2, 0.25) is 0 Å². The molecule has 2 aromatic heterocycles. The summed E-state index contributed by atoms with van der Waals surface area (Å²) in [6.45, 7) is 4.77. The summed E-state index contributed by atoms with van der Waals surface area (Å²) in [4.78, 5) is 18.7. The molecule has 1 saturated heterocycles. The van der Waals surface area contributed by atoms with Gasteiger partial charge in [0.25, 0.3) is 0 Å². The summed E-state index contributed by atoms with van der Waals surface area (Å²) in [5.74, 6) is 1.55. The predicted octanol–water partition coefficient (Wildman–Crippen LogP) is 1.40. The fraction of sp³-hybridized carbons (Fsp3) is 0.615. The second kappa shape index (κ2) is 5.62. The molecular weight excluding hydrogens is 256 g/mol. The van der Waals surface area contributed by atoms with Gasteiger partial charge in [-0.3, -0.25) is 0 Å². The molecule has 0 saturated carbocycles. The van der Waals surface area contributed by atoms with E-state index in [0.29, 0.717) is 11.6 Å². The van der Waals surface area contributed by atoms with Crippen molar-refractivity contribution >= 4 is 22.9 Å². The maximum absolute atomic E-state index is 5.43. The van der Waals surface area contributed by atoms with Crippen molar-refractivity contribution in [3.05, 3.63) is 6.33 Å². The summed E-state index contributed by atoms with van der Waals surface area (Å²) < 4.78 is 5.43. The van der Waals surface area contributed by atoms with E-state index >= 15 is 0 Å². The minimum Gasteiger partial charge on any atom is -0.380 e. The van der Waals surface area contributed by atoms with Gasteiger partial charge in [-0.05, 0) is 12.8 Å². The van der Waals surface area contributed by atoms with Crippen LogP contribution < -0.4 is 10.2 Å². The van der Waals surface area contributed by atoms with Gasteiger partial charge in [-0.2, -0.15) is 9.97 Å². The van der Waals surface area contributed by atoms with Crippen molar-refractivity contribution in [1.29, 1.82) is 0 Å². The van der Waals surface area contributed by atoms with Crippen molar-refractivity contribution in [1.82, 2.24) is 19.9 Å². The van der Waals surface area contributed by atoms with Crippen molar-refractivity contribution in [2.24, 2.45) is 0 Å². The van der Waals surface area contributed by atoms with Crippen LogP contribution >= 0.6 is 0 Å². The molecule has 0 amide bonds. The van der Waals surface area contributed by atoms with E-state index in [0.717, 1.165) is 43.8 Å². The Morgan fingerprint density at radius 2 is 2.40 bits per heavy atom. The molecule has 1 fully saturated rings. The lowest BCUT2D eigenvalue weighted by Gasteiger charge is -2.18. The molecule has 7 nitrogen and oxygen atoms in total. The van der Waals surface area contributed by atoms with Crippen LogP contribution in [0.3, 0.4) is 0 Å². The maximum atomic E-state index is 5.43. The molecule has 3 heterocycles. The Labute approximate surface area is 117 Å². The minimum atomic E-state index is 0.273. The normalized spacial score (nSPS) is 18.9. The Hall–Kier alpha value is -1.89. The van der Waals surface area contributed by atoms with Crippen LogP contribution in [-0.4, -0.2) is 52.8 Å². The highest BCUT2D eigenvalue weighted by Crippen LogP contribution is 2.26. The van der Waals surface area contributed by atoms with Crippen molar-refractivity contribution in [2.75, 3.05) is 37.0 Å². The van der Waals surface area contributed by atoms with Gasteiger partial charge in [-0.25, -0.2) is 4.98 Å². The van der Waals surface area contributed by atoms with Crippen molar-refractivity contribution in [3.63, 3.8) is 0 Å². The first-order valence-electron chi connectivity index (χ1n) is 7.04. The van der Waals surface area contributed by atoms with Crippen LogP contribution in [-0.2, 0) is 4.74 Å². The van der Waals surface area contributed by atoms with Gasteiger partial charge in [0.2, 0.25) is 5.95 Å². The molecule has 1 aliphatic heterocycles. The number of ether oxygens (including phenoxy) is 1. The van der Waals surface area contributed by atoms with E-state index in [1.54, 1.807) is 13.4 Å². The molecule has 0 radical (unpaired) electrons. The van der Waals surface area contributed by atoms with E-state index in [-0.39, 0.29) is 6.10 Å². The number of nitrogens with zero attached hydrogens (tertiary/aromatic N) is 4. The third kappa shape index (κ3) is 2.40. The van der Waals surface area contributed by atoms with Gasteiger partial charge >= 0.3 is 0 Å². The summed E-state index contributed by atoms with van der Waals surface area (Å²) in [5, 5.41) is 3.23. The van der Waals surface area contributed by atoms with E-state index in [2.05, 4.69) is 37.1 Å². The van der Waals surface area contributed by atoms with E-state index < -0.39 is 0 Å². The van der Waals surface area contributed by atoms with Crippen LogP contribution in [0, 0.1) is 0 Å². The highest BCUT2D eigenvalue weighted by molar-refractivity contribution is 5.84. The number of rotatable bonds is 5. The molecule has 1 aliphatic rings. The van der Waals surface area contributed by atoms with Crippen molar-refractivity contribution < 1.29 is 4.74 Å². The first kappa shape index (κ1) is 13.1. The second-order valence-corrected chi connectivity index (χ2v) is 4.99. The first-order chi connectivity index (χ1) is 9.81. The van der Waals surface area contributed by atoms with E-state index in [1.807, 2.05) is 0 Å². The second-order valence-electron chi connectivity index (χ2n) is 4.99. The van der Waals surface area contributed by atoms with Gasteiger partial charge in [-0.15, -0.1) is 0 Å². The Morgan fingerprint density at radius 1 is 1.50 bits per heavy atom. The molecule has 1 atom stereocenters. The molecule has 108 valence electrons. The molecule has 0 bridgehead atoms. The highest BCUT2D eigenvalue weighted by atomic mass is 16.5. The van der Waals surface area contributed by atoms with Gasteiger partial charge < -0.3 is 19.9 Å². The summed E-state index contributed by atoms with van der Waals surface area (Å²) in [5.41, 5.74) is 1.60. The van der Waals surface area contributed by atoms with E-state index in [4.69, 9.17) is 4.74 Å². The maximum Gasteiger partial charge on any atom is 0.226 e. The number of aromatic amines is 1. The molecule has 0 aromatic carbocycles. The van der Waals surface area contributed by atoms with Crippen LogP contribution in [0.4, 0.5) is 11.8 Å². The number of anilines is 2. The zero-order chi connectivity index (χ0) is 13.9. The Kier molecular flexibility index (Phi) is 3.68. The van der Waals surface area contributed by atoms with Crippen LogP contribution in [0.15, 0.2) is 6.33 Å². The largest absolute Gasteiger partial charge is 0.380 e. The molecule has 1 unspecified atom stereocenters. The number of aromatic nitrogens is 4. The third-order valence-electron chi connectivity index (χ3n) is 3.58. The van der Waals surface area contributed by atoms with Crippen LogP contribution in [0.5, 0.6) is 0 Å². The monoisotopic (exact) mass is 276 g/mol. The first-order valence-corrected chi connectivity index (χ1v) is 7.04. The number of imidazole rings is 1. The zero-order valence-electron chi connectivity index (χ0n) is 11.9. The van der Waals surface area contributed by atoms with Gasteiger partial charge in [0.05, 0.1) is 12.4 Å². The fourth-order valence-corrected chi connectivity index (χ4v) is 2.48. The molecule has 7 heteroatoms. The molecule has 2 N–H and O–H groups in total. The third-order valence-corrected chi connectivity index (χ3v) is 3.58. The number of methoxy groups -OCH3 is 1. The van der Waals surface area contributed by atoms with Crippen molar-refractivity contribution in [2.45, 2.75) is 25.9 Å². The predicted molar refractivity (Wildman–Crippen MR) is 78.1 cm³/mol. The molecule has 0 spiro atoms. The average Bonchev–Trinajstić information content (AvgIpc) is 3.12.